The number of nitrogens with zero attached hydrogens (tertiary/aromatic N) is 5. The van der Waals surface area contributed by atoms with Gasteiger partial charge in [0.25, 0.3) is 0 Å². The first-order valence-corrected chi connectivity index (χ1v) is 4.47. The van der Waals surface area contributed by atoms with Gasteiger partial charge in [0.15, 0.2) is 5.82 Å². The topological polar surface area (TPSA) is 67.4 Å². The van der Waals surface area contributed by atoms with Gasteiger partial charge >= 0.3 is 0 Å². The van der Waals surface area contributed by atoms with E-state index in [1.165, 1.54) is 6.20 Å². The Morgan fingerprint density at radius 3 is 2.60 bits per heavy atom. The third-order valence-electron chi connectivity index (χ3n) is 1.97. The maximum Gasteiger partial charge on any atom is 0.155 e. The zero-order valence-electron chi connectivity index (χ0n) is 8.47. The predicted molar refractivity (Wildman–Crippen MR) is 53.3 cm³/mol. The number of aromatic nitrogens is 4. The van der Waals surface area contributed by atoms with Crippen LogP contribution in [0.25, 0.3) is 5.82 Å². The molecule has 0 unspecified atom stereocenters. The quantitative estimate of drug-likeness (QED) is 0.691. The maximum absolute atomic E-state index is 8.63. The largest absolute Gasteiger partial charge is 0.236 e. The van der Waals surface area contributed by atoms with Crippen LogP contribution in [0.15, 0.2) is 18.3 Å². The fraction of sp³-hybridized carbons (Fsp3) is 0.200. The van der Waals surface area contributed by atoms with Crippen LogP contribution in [-0.2, 0) is 0 Å². The van der Waals surface area contributed by atoms with E-state index in [0.29, 0.717) is 17.2 Å². The molecular formula is C10H9N5. The minimum Gasteiger partial charge on any atom is -0.236 e. The second-order valence-corrected chi connectivity index (χ2v) is 3.13. The predicted octanol–water partition coefficient (Wildman–Crippen LogP) is 1.15. The zero-order valence-corrected chi connectivity index (χ0v) is 8.47. The summed E-state index contributed by atoms with van der Waals surface area (Å²) in [4.78, 5) is 8.31. The Kier molecular flexibility index (Phi) is 2.18. The second-order valence-electron chi connectivity index (χ2n) is 3.13. The number of pyridine rings is 1. The number of nitriles is 1. The Morgan fingerprint density at radius 1 is 1.33 bits per heavy atom. The smallest absolute Gasteiger partial charge is 0.155 e. The zero-order chi connectivity index (χ0) is 10.8. The van der Waals surface area contributed by atoms with Crippen molar-refractivity contribution < 1.29 is 0 Å². The molecule has 5 heteroatoms. The molecule has 2 heterocycles. The van der Waals surface area contributed by atoms with Gasteiger partial charge < -0.3 is 0 Å². The summed E-state index contributed by atoms with van der Waals surface area (Å²) in [7, 11) is 0. The molecule has 0 aliphatic rings. The van der Waals surface area contributed by atoms with E-state index in [9.17, 15) is 0 Å². The van der Waals surface area contributed by atoms with E-state index in [1.54, 1.807) is 16.8 Å². The van der Waals surface area contributed by atoms with E-state index in [0.717, 1.165) is 5.82 Å². The molecule has 2 aromatic rings. The van der Waals surface area contributed by atoms with Gasteiger partial charge in [-0.15, -0.1) is 5.10 Å². The van der Waals surface area contributed by atoms with E-state index < -0.39 is 0 Å². The normalized spacial score (nSPS) is 9.93. The fourth-order valence-corrected chi connectivity index (χ4v) is 1.32. The first kappa shape index (κ1) is 9.34. The van der Waals surface area contributed by atoms with Gasteiger partial charge in [-0.3, -0.25) is 0 Å². The van der Waals surface area contributed by atoms with Crippen molar-refractivity contribution in [3.63, 3.8) is 0 Å². The number of rotatable bonds is 1. The van der Waals surface area contributed by atoms with Gasteiger partial charge in [0.2, 0.25) is 0 Å². The first-order chi connectivity index (χ1) is 7.20. The summed E-state index contributed by atoms with van der Waals surface area (Å²) >= 11 is 0. The minimum absolute atomic E-state index is 0.535. The molecule has 0 saturated heterocycles. The van der Waals surface area contributed by atoms with Gasteiger partial charge in [-0.1, -0.05) is 0 Å². The van der Waals surface area contributed by atoms with Crippen molar-refractivity contribution in [2.45, 2.75) is 13.8 Å². The lowest BCUT2D eigenvalue weighted by Gasteiger charge is -2.00. The molecule has 0 aliphatic heterocycles. The van der Waals surface area contributed by atoms with Crippen LogP contribution >= 0.6 is 0 Å². The summed E-state index contributed by atoms with van der Waals surface area (Å²) in [5.74, 6) is 2.16. The molecule has 74 valence electrons. The van der Waals surface area contributed by atoms with Crippen LogP contribution in [-0.4, -0.2) is 19.7 Å². The Hall–Kier alpha value is -2.22. The highest BCUT2D eigenvalue weighted by Gasteiger charge is 2.05. The first-order valence-electron chi connectivity index (χ1n) is 4.47. The highest BCUT2D eigenvalue weighted by Crippen LogP contribution is 2.06. The van der Waals surface area contributed by atoms with Crippen LogP contribution in [0.3, 0.4) is 0 Å². The molecular weight excluding hydrogens is 190 g/mol. The van der Waals surface area contributed by atoms with Crippen molar-refractivity contribution in [3.8, 4) is 11.9 Å². The SMILES string of the molecule is Cc1nc(C)n(-c2ccc(C#N)cn2)n1. The summed E-state index contributed by atoms with van der Waals surface area (Å²) in [6, 6.07) is 5.47. The Morgan fingerprint density at radius 2 is 2.13 bits per heavy atom. The van der Waals surface area contributed by atoms with Crippen molar-refractivity contribution in [2.24, 2.45) is 0 Å². The number of hydrogen-bond acceptors (Lipinski definition) is 4. The van der Waals surface area contributed by atoms with Crippen LogP contribution < -0.4 is 0 Å². The molecule has 0 bridgehead atoms. The minimum atomic E-state index is 0.535. The van der Waals surface area contributed by atoms with Crippen LogP contribution in [0.5, 0.6) is 0 Å². The van der Waals surface area contributed by atoms with Crippen molar-refractivity contribution in [1.82, 2.24) is 19.7 Å². The van der Waals surface area contributed by atoms with Gasteiger partial charge in [0.1, 0.15) is 17.7 Å². The van der Waals surface area contributed by atoms with Crippen LogP contribution in [0.1, 0.15) is 17.2 Å². The molecule has 0 aliphatic carbocycles. The van der Waals surface area contributed by atoms with Crippen molar-refractivity contribution in [3.05, 3.63) is 35.5 Å². The monoisotopic (exact) mass is 199 g/mol. The van der Waals surface area contributed by atoms with Gasteiger partial charge in [-0.25, -0.2) is 9.97 Å². The van der Waals surface area contributed by atoms with Gasteiger partial charge in [0.05, 0.1) is 5.56 Å². The molecule has 0 N–H and O–H groups in total. The maximum atomic E-state index is 8.63. The van der Waals surface area contributed by atoms with Gasteiger partial charge in [0, 0.05) is 6.20 Å². The van der Waals surface area contributed by atoms with Gasteiger partial charge in [-0.2, -0.15) is 9.94 Å². The lowest BCUT2D eigenvalue weighted by molar-refractivity contribution is 0.803. The van der Waals surface area contributed by atoms with E-state index in [2.05, 4.69) is 15.1 Å². The average Bonchev–Trinajstić information content (AvgIpc) is 2.58. The van der Waals surface area contributed by atoms with E-state index >= 15 is 0 Å². The fourth-order valence-electron chi connectivity index (χ4n) is 1.32. The Labute approximate surface area is 87.0 Å². The third-order valence-corrected chi connectivity index (χ3v) is 1.97. The van der Waals surface area contributed by atoms with Crippen LogP contribution in [0.4, 0.5) is 0 Å². The lowest BCUT2D eigenvalue weighted by atomic mass is 10.3. The van der Waals surface area contributed by atoms with E-state index in [-0.39, 0.29) is 0 Å². The molecule has 15 heavy (non-hydrogen) atoms. The summed E-state index contributed by atoms with van der Waals surface area (Å²) in [6.07, 6.45) is 1.52. The summed E-state index contributed by atoms with van der Waals surface area (Å²) in [5, 5.41) is 12.8. The summed E-state index contributed by atoms with van der Waals surface area (Å²) in [6.45, 7) is 3.69. The Bertz CT molecular complexity index is 518. The standard InChI is InChI=1S/C10H9N5/c1-7-13-8(2)15(14-7)10-4-3-9(5-11)6-12-10/h3-4,6H,1-2H3. The second kappa shape index (κ2) is 3.50. The Balaban J connectivity index is 2.46. The van der Waals surface area contributed by atoms with Crippen molar-refractivity contribution >= 4 is 0 Å². The molecule has 0 amide bonds. The molecule has 0 radical (unpaired) electrons. The van der Waals surface area contributed by atoms with E-state index in [4.69, 9.17) is 5.26 Å². The molecule has 0 aromatic carbocycles. The molecule has 2 rings (SSSR count). The highest BCUT2D eigenvalue weighted by molar-refractivity contribution is 5.31. The average molecular weight is 199 g/mol. The molecule has 0 atom stereocenters. The van der Waals surface area contributed by atoms with Crippen LogP contribution in [0, 0.1) is 25.2 Å². The lowest BCUT2D eigenvalue weighted by Crippen LogP contribution is -2.01. The molecule has 0 fully saturated rings. The molecule has 2 aromatic heterocycles. The molecule has 5 nitrogen and oxygen atoms in total. The summed E-state index contributed by atoms with van der Waals surface area (Å²) in [5.41, 5.74) is 0.535. The summed E-state index contributed by atoms with van der Waals surface area (Å²) < 4.78 is 1.65. The van der Waals surface area contributed by atoms with Gasteiger partial charge in [-0.05, 0) is 26.0 Å². The molecule has 0 saturated carbocycles. The third kappa shape index (κ3) is 1.70. The molecule has 0 spiro atoms. The van der Waals surface area contributed by atoms with Crippen molar-refractivity contribution in [1.29, 1.82) is 5.26 Å². The van der Waals surface area contributed by atoms with Crippen LogP contribution in [0.2, 0.25) is 0 Å². The number of aryl methyl sites for hydroxylation is 2. The van der Waals surface area contributed by atoms with E-state index in [1.807, 2.05) is 19.9 Å². The highest BCUT2D eigenvalue weighted by atomic mass is 15.4. The number of hydrogen-bond donors (Lipinski definition) is 0. The van der Waals surface area contributed by atoms with Crippen molar-refractivity contribution in [2.75, 3.05) is 0 Å².